The van der Waals surface area contributed by atoms with Gasteiger partial charge in [0.05, 0.1) is 35.5 Å². The maximum Gasteiger partial charge on any atom is 0.339 e. The molecule has 7 heteroatoms. The van der Waals surface area contributed by atoms with Gasteiger partial charge >= 0.3 is 5.97 Å². The minimum Gasteiger partial charge on any atom is -0.465 e. The number of carbonyl (C=O) groups is 1. The highest BCUT2D eigenvalue weighted by Gasteiger charge is 2.27. The van der Waals surface area contributed by atoms with Crippen LogP contribution in [0.1, 0.15) is 21.6 Å². The Balaban J connectivity index is 2.68. The van der Waals surface area contributed by atoms with Gasteiger partial charge < -0.3 is 4.74 Å². The maximum atomic E-state index is 13.2. The molecular formula is C19H20N2O4S. The summed E-state index contributed by atoms with van der Waals surface area (Å²) < 4.78 is 32.2. The summed E-state index contributed by atoms with van der Waals surface area (Å²) in [5, 5.41) is 0. The van der Waals surface area contributed by atoms with Gasteiger partial charge in [0.1, 0.15) is 0 Å². The van der Waals surface area contributed by atoms with Crippen LogP contribution in [0.25, 0.3) is 6.08 Å². The first-order chi connectivity index (χ1) is 12.3. The number of anilines is 1. The summed E-state index contributed by atoms with van der Waals surface area (Å²) in [6.07, 6.45) is 4.21. The van der Waals surface area contributed by atoms with Crippen LogP contribution in [0.3, 0.4) is 0 Å². The molecule has 0 radical (unpaired) electrons. The fourth-order valence-corrected chi connectivity index (χ4v) is 3.94. The first-order valence-electron chi connectivity index (χ1n) is 7.76. The van der Waals surface area contributed by atoms with Crippen LogP contribution in [0, 0.1) is 6.92 Å². The summed E-state index contributed by atoms with van der Waals surface area (Å²) in [6, 6.07) is 8.00. The Bertz CT molecular complexity index is 952. The zero-order chi connectivity index (χ0) is 19.3. The molecule has 0 saturated carbocycles. The van der Waals surface area contributed by atoms with Crippen molar-refractivity contribution in [1.29, 1.82) is 0 Å². The number of carbonyl (C=O) groups excluding carboxylic acids is 1. The Hall–Kier alpha value is -2.93. The van der Waals surface area contributed by atoms with Crippen LogP contribution in [0.2, 0.25) is 0 Å². The van der Waals surface area contributed by atoms with Crippen molar-refractivity contribution in [2.75, 3.05) is 18.0 Å². The molecule has 2 rings (SSSR count). The first-order valence-corrected chi connectivity index (χ1v) is 9.20. The molecule has 0 atom stereocenters. The fourth-order valence-electron chi connectivity index (χ4n) is 2.40. The molecule has 0 unspecified atom stereocenters. The third-order valence-corrected chi connectivity index (χ3v) is 5.43. The Kier molecular flexibility index (Phi) is 5.94. The highest BCUT2D eigenvalue weighted by atomic mass is 32.2. The van der Waals surface area contributed by atoms with Gasteiger partial charge in [-0.15, -0.1) is 6.58 Å². The Morgan fingerprint density at radius 2 is 2.04 bits per heavy atom. The number of hydrogen-bond donors (Lipinski definition) is 0. The quantitative estimate of drug-likeness (QED) is 0.551. The van der Waals surface area contributed by atoms with Crippen LogP contribution >= 0.6 is 0 Å². The van der Waals surface area contributed by atoms with Crippen molar-refractivity contribution in [3.05, 3.63) is 72.6 Å². The molecule has 6 nitrogen and oxygen atoms in total. The molecule has 136 valence electrons. The second-order valence-corrected chi connectivity index (χ2v) is 7.33. The summed E-state index contributed by atoms with van der Waals surface area (Å²) >= 11 is 0. The largest absolute Gasteiger partial charge is 0.465 e. The second-order valence-electron chi connectivity index (χ2n) is 5.47. The molecular weight excluding hydrogens is 352 g/mol. The number of methoxy groups -OCH3 is 1. The van der Waals surface area contributed by atoms with Crippen LogP contribution in [0.15, 0.2) is 60.7 Å². The molecule has 0 bridgehead atoms. The molecule has 0 fully saturated rings. The minimum absolute atomic E-state index is 0.00339. The number of hydrogen-bond acceptors (Lipinski definition) is 5. The number of nitrogens with zero attached hydrogens (tertiary/aromatic N) is 2. The second kappa shape index (κ2) is 7.97. The number of pyridine rings is 1. The molecule has 0 N–H and O–H groups in total. The van der Waals surface area contributed by atoms with Gasteiger partial charge in [0.15, 0.2) is 0 Å². The molecule has 26 heavy (non-hydrogen) atoms. The van der Waals surface area contributed by atoms with E-state index in [-0.39, 0.29) is 22.7 Å². The van der Waals surface area contributed by atoms with Gasteiger partial charge in [-0.2, -0.15) is 0 Å². The van der Waals surface area contributed by atoms with Crippen molar-refractivity contribution in [1.82, 2.24) is 4.98 Å². The summed E-state index contributed by atoms with van der Waals surface area (Å²) in [5.74, 6) is -0.610. The number of esters is 1. The number of sulfonamides is 1. The minimum atomic E-state index is -3.90. The van der Waals surface area contributed by atoms with Gasteiger partial charge in [-0.1, -0.05) is 24.8 Å². The highest BCUT2D eigenvalue weighted by molar-refractivity contribution is 7.92. The normalized spacial score (nSPS) is 10.8. The Labute approximate surface area is 153 Å². The lowest BCUT2D eigenvalue weighted by molar-refractivity contribution is 0.0600. The van der Waals surface area contributed by atoms with Crippen molar-refractivity contribution in [2.45, 2.75) is 11.8 Å². The van der Waals surface area contributed by atoms with Crippen LogP contribution in [0.4, 0.5) is 5.69 Å². The van der Waals surface area contributed by atoms with E-state index in [2.05, 4.69) is 18.1 Å². The van der Waals surface area contributed by atoms with Gasteiger partial charge in [-0.05, 0) is 36.8 Å². The standard InChI is InChI=1S/C19H20N2O4S/c1-5-10-21(26(23,24)16-9-7-8-14(3)11-16)18-12-15(19(22)25-4)13-20-17(18)6-2/h5-9,11-13H,1-2,10H2,3-4H3. The van der Waals surface area contributed by atoms with Crippen LogP contribution in [-0.2, 0) is 14.8 Å². The average Bonchev–Trinajstić information content (AvgIpc) is 2.64. The summed E-state index contributed by atoms with van der Waals surface area (Å²) in [6.45, 7) is 9.12. The van der Waals surface area contributed by atoms with E-state index in [1.54, 1.807) is 12.1 Å². The lowest BCUT2D eigenvalue weighted by atomic mass is 10.2. The third-order valence-electron chi connectivity index (χ3n) is 3.65. The topological polar surface area (TPSA) is 76.6 Å². The third kappa shape index (κ3) is 3.83. The average molecular weight is 372 g/mol. The van der Waals surface area contributed by atoms with E-state index in [4.69, 9.17) is 4.74 Å². The first kappa shape index (κ1) is 19.4. The molecule has 0 aliphatic rings. The van der Waals surface area contributed by atoms with Crippen LogP contribution < -0.4 is 4.31 Å². The Morgan fingerprint density at radius 1 is 1.31 bits per heavy atom. The molecule has 1 aromatic carbocycles. The zero-order valence-corrected chi connectivity index (χ0v) is 15.5. The van der Waals surface area contributed by atoms with E-state index in [1.807, 2.05) is 13.0 Å². The van der Waals surface area contributed by atoms with Gasteiger partial charge in [0.2, 0.25) is 0 Å². The van der Waals surface area contributed by atoms with Crippen molar-refractivity contribution < 1.29 is 17.9 Å². The van der Waals surface area contributed by atoms with E-state index in [1.165, 1.54) is 37.6 Å². The molecule has 2 aromatic rings. The molecule has 0 aliphatic heterocycles. The van der Waals surface area contributed by atoms with Gasteiger partial charge in [-0.3, -0.25) is 9.29 Å². The predicted molar refractivity (Wildman–Crippen MR) is 102 cm³/mol. The van der Waals surface area contributed by atoms with Gasteiger partial charge in [0.25, 0.3) is 10.0 Å². The van der Waals surface area contributed by atoms with E-state index < -0.39 is 16.0 Å². The van der Waals surface area contributed by atoms with Gasteiger partial charge in [0, 0.05) is 6.20 Å². The molecule has 1 heterocycles. The zero-order valence-electron chi connectivity index (χ0n) is 14.7. The highest BCUT2D eigenvalue weighted by Crippen LogP contribution is 2.28. The molecule has 1 aromatic heterocycles. The number of ether oxygens (including phenoxy) is 1. The lowest BCUT2D eigenvalue weighted by Crippen LogP contribution is -2.32. The van der Waals surface area contributed by atoms with E-state index in [0.29, 0.717) is 5.69 Å². The van der Waals surface area contributed by atoms with Crippen molar-refractivity contribution >= 4 is 27.8 Å². The van der Waals surface area contributed by atoms with Crippen LogP contribution in [-0.4, -0.2) is 33.0 Å². The maximum absolute atomic E-state index is 13.2. The number of aryl methyl sites for hydroxylation is 1. The van der Waals surface area contributed by atoms with E-state index in [0.717, 1.165) is 9.87 Å². The predicted octanol–water partition coefficient (Wildman–Crippen LogP) is 3.20. The fraction of sp³-hybridized carbons (Fsp3) is 0.158. The van der Waals surface area contributed by atoms with Gasteiger partial charge in [-0.25, -0.2) is 13.2 Å². The smallest absolute Gasteiger partial charge is 0.339 e. The summed E-state index contributed by atoms with van der Waals surface area (Å²) in [5.41, 5.74) is 1.51. The summed E-state index contributed by atoms with van der Waals surface area (Å²) in [4.78, 5) is 16.1. The number of aromatic nitrogens is 1. The SMILES string of the molecule is C=CCN(c1cc(C(=O)OC)cnc1C=C)S(=O)(=O)c1cccc(C)c1. The van der Waals surface area contributed by atoms with Crippen LogP contribution in [0.5, 0.6) is 0 Å². The molecule has 0 aliphatic carbocycles. The van der Waals surface area contributed by atoms with E-state index in [9.17, 15) is 13.2 Å². The number of benzene rings is 1. The van der Waals surface area contributed by atoms with Crippen molar-refractivity contribution in [3.8, 4) is 0 Å². The summed E-state index contributed by atoms with van der Waals surface area (Å²) in [7, 11) is -2.65. The monoisotopic (exact) mass is 372 g/mol. The van der Waals surface area contributed by atoms with Crippen molar-refractivity contribution in [3.63, 3.8) is 0 Å². The molecule has 0 spiro atoms. The Morgan fingerprint density at radius 3 is 2.62 bits per heavy atom. The molecule has 0 saturated heterocycles. The number of rotatable bonds is 7. The van der Waals surface area contributed by atoms with Crippen molar-refractivity contribution in [2.24, 2.45) is 0 Å². The lowest BCUT2D eigenvalue weighted by Gasteiger charge is -2.25. The molecule has 0 amide bonds. The van der Waals surface area contributed by atoms with E-state index >= 15 is 0 Å².